The maximum Gasteiger partial charge on any atom is 0.145 e. The summed E-state index contributed by atoms with van der Waals surface area (Å²) in [5.74, 6) is 9.16. The van der Waals surface area contributed by atoms with Crippen LogP contribution in [0.25, 0.3) is 0 Å². The minimum absolute atomic E-state index is 0.697. The lowest BCUT2D eigenvalue weighted by molar-refractivity contribution is 0.715. The zero-order valence-corrected chi connectivity index (χ0v) is 11.8. The third-order valence-corrected chi connectivity index (χ3v) is 4.51. The minimum Gasteiger partial charge on any atom is -0.355 e. The monoisotopic (exact) mass is 267 g/mol. The van der Waals surface area contributed by atoms with Gasteiger partial charge in [0, 0.05) is 36.6 Å². The highest BCUT2D eigenvalue weighted by molar-refractivity contribution is 8.00. The Morgan fingerprint density at radius 3 is 3.00 bits per heavy atom. The molecule has 0 aliphatic carbocycles. The first-order chi connectivity index (χ1) is 8.76. The Morgan fingerprint density at radius 1 is 1.50 bits per heavy atom. The topological polar surface area (TPSA) is 67.1 Å². The van der Waals surface area contributed by atoms with Crippen molar-refractivity contribution in [3.63, 3.8) is 0 Å². The molecular formula is C12H21N5S. The SMILES string of the molecule is CCc1nc(NN)cc(N2CCSC(CC)C2)n1. The van der Waals surface area contributed by atoms with E-state index in [9.17, 15) is 0 Å². The third-order valence-electron chi connectivity index (χ3n) is 3.14. The van der Waals surface area contributed by atoms with E-state index in [0.29, 0.717) is 11.1 Å². The number of hydrogen-bond acceptors (Lipinski definition) is 6. The standard InChI is InChI=1S/C12H21N5S/c1-3-9-8-17(5-6-18-9)12-7-11(16-13)14-10(4-2)15-12/h7,9H,3-6,8,13H2,1-2H3,(H,14,15,16). The number of hydrazine groups is 1. The van der Waals surface area contributed by atoms with Gasteiger partial charge in [0.2, 0.25) is 0 Å². The Labute approximate surface area is 113 Å². The smallest absolute Gasteiger partial charge is 0.145 e. The van der Waals surface area contributed by atoms with Crippen LogP contribution in [-0.4, -0.2) is 34.1 Å². The van der Waals surface area contributed by atoms with E-state index in [4.69, 9.17) is 5.84 Å². The summed E-state index contributed by atoms with van der Waals surface area (Å²) >= 11 is 2.06. The van der Waals surface area contributed by atoms with Gasteiger partial charge in [-0.15, -0.1) is 0 Å². The lowest BCUT2D eigenvalue weighted by Crippen LogP contribution is -2.38. The summed E-state index contributed by atoms with van der Waals surface area (Å²) in [4.78, 5) is 11.3. The maximum atomic E-state index is 5.46. The molecule has 0 bridgehead atoms. The molecule has 1 aromatic heterocycles. The summed E-state index contributed by atoms with van der Waals surface area (Å²) in [6.07, 6.45) is 2.02. The summed E-state index contributed by atoms with van der Waals surface area (Å²) in [6, 6.07) is 1.93. The highest BCUT2D eigenvalue weighted by Crippen LogP contribution is 2.25. The van der Waals surface area contributed by atoms with Crippen molar-refractivity contribution in [1.82, 2.24) is 9.97 Å². The molecule has 0 aromatic carbocycles. The van der Waals surface area contributed by atoms with Crippen LogP contribution in [0, 0.1) is 0 Å². The molecule has 1 saturated heterocycles. The number of nitrogens with two attached hydrogens (primary N) is 1. The fraction of sp³-hybridized carbons (Fsp3) is 0.667. The highest BCUT2D eigenvalue weighted by Gasteiger charge is 2.20. The molecule has 0 amide bonds. The van der Waals surface area contributed by atoms with Crippen molar-refractivity contribution in [3.8, 4) is 0 Å². The van der Waals surface area contributed by atoms with Gasteiger partial charge in [0.1, 0.15) is 17.5 Å². The fourth-order valence-electron chi connectivity index (χ4n) is 2.05. The number of anilines is 2. The predicted molar refractivity (Wildman–Crippen MR) is 78.0 cm³/mol. The molecule has 0 saturated carbocycles. The van der Waals surface area contributed by atoms with Crippen LogP contribution in [0.1, 0.15) is 26.1 Å². The Kier molecular flexibility index (Phi) is 4.66. The lowest BCUT2D eigenvalue weighted by Gasteiger charge is -2.33. The van der Waals surface area contributed by atoms with Gasteiger partial charge in [0.15, 0.2) is 0 Å². The van der Waals surface area contributed by atoms with E-state index in [0.717, 1.165) is 36.9 Å². The molecule has 1 atom stereocenters. The molecule has 2 rings (SSSR count). The Bertz CT molecular complexity index is 376. The van der Waals surface area contributed by atoms with Crippen molar-refractivity contribution < 1.29 is 0 Å². The number of nitrogen functional groups attached to an aromatic ring is 1. The first-order valence-electron chi connectivity index (χ1n) is 6.48. The molecule has 18 heavy (non-hydrogen) atoms. The quantitative estimate of drug-likeness (QED) is 0.639. The molecule has 1 fully saturated rings. The van der Waals surface area contributed by atoms with Crippen LogP contribution in [0.4, 0.5) is 11.6 Å². The molecule has 1 unspecified atom stereocenters. The van der Waals surface area contributed by atoms with Crippen LogP contribution >= 0.6 is 11.8 Å². The lowest BCUT2D eigenvalue weighted by atomic mass is 10.3. The molecular weight excluding hydrogens is 246 g/mol. The number of nitrogens with zero attached hydrogens (tertiary/aromatic N) is 3. The van der Waals surface area contributed by atoms with E-state index in [2.05, 4.69) is 45.9 Å². The van der Waals surface area contributed by atoms with Crippen LogP contribution in [0.5, 0.6) is 0 Å². The minimum atomic E-state index is 0.697. The molecule has 1 aliphatic rings. The second-order valence-corrected chi connectivity index (χ2v) is 5.78. The van der Waals surface area contributed by atoms with Gasteiger partial charge < -0.3 is 10.3 Å². The maximum absolute atomic E-state index is 5.46. The Balaban J connectivity index is 2.20. The molecule has 3 N–H and O–H groups in total. The number of thioether (sulfide) groups is 1. The van der Waals surface area contributed by atoms with E-state index in [1.165, 1.54) is 6.42 Å². The van der Waals surface area contributed by atoms with Gasteiger partial charge in [-0.1, -0.05) is 13.8 Å². The van der Waals surface area contributed by atoms with Gasteiger partial charge in [-0.2, -0.15) is 11.8 Å². The van der Waals surface area contributed by atoms with E-state index in [1.807, 2.05) is 6.07 Å². The average molecular weight is 267 g/mol. The Morgan fingerprint density at radius 2 is 2.33 bits per heavy atom. The molecule has 1 aromatic rings. The molecule has 100 valence electrons. The van der Waals surface area contributed by atoms with Crippen LogP contribution in [0.3, 0.4) is 0 Å². The number of hydrogen-bond donors (Lipinski definition) is 2. The number of aromatic nitrogens is 2. The van der Waals surface area contributed by atoms with Gasteiger partial charge in [0.25, 0.3) is 0 Å². The summed E-state index contributed by atoms with van der Waals surface area (Å²) in [7, 11) is 0. The van der Waals surface area contributed by atoms with Gasteiger partial charge >= 0.3 is 0 Å². The van der Waals surface area contributed by atoms with Gasteiger partial charge in [-0.3, -0.25) is 0 Å². The van der Waals surface area contributed by atoms with Crippen molar-refractivity contribution >= 4 is 23.4 Å². The van der Waals surface area contributed by atoms with Crippen molar-refractivity contribution in [1.29, 1.82) is 0 Å². The third kappa shape index (κ3) is 3.05. The zero-order valence-electron chi connectivity index (χ0n) is 11.0. The first-order valence-corrected chi connectivity index (χ1v) is 7.52. The first kappa shape index (κ1) is 13.4. The number of nitrogens with one attached hydrogen (secondary N) is 1. The second-order valence-electron chi connectivity index (χ2n) is 4.37. The molecule has 2 heterocycles. The van der Waals surface area contributed by atoms with Crippen molar-refractivity contribution in [3.05, 3.63) is 11.9 Å². The summed E-state index contributed by atoms with van der Waals surface area (Å²) < 4.78 is 0. The van der Waals surface area contributed by atoms with E-state index in [-0.39, 0.29) is 0 Å². The van der Waals surface area contributed by atoms with Crippen molar-refractivity contribution in [2.24, 2.45) is 5.84 Å². The fourth-order valence-corrected chi connectivity index (χ4v) is 3.23. The molecule has 0 spiro atoms. The van der Waals surface area contributed by atoms with E-state index >= 15 is 0 Å². The van der Waals surface area contributed by atoms with Crippen molar-refractivity contribution in [2.45, 2.75) is 31.9 Å². The largest absolute Gasteiger partial charge is 0.355 e. The zero-order chi connectivity index (χ0) is 13.0. The van der Waals surface area contributed by atoms with Crippen LogP contribution < -0.4 is 16.2 Å². The van der Waals surface area contributed by atoms with E-state index in [1.54, 1.807) is 0 Å². The predicted octanol–water partition coefficient (Wildman–Crippen LogP) is 1.66. The summed E-state index contributed by atoms with van der Waals surface area (Å²) in [5, 5.41) is 0.702. The van der Waals surface area contributed by atoms with E-state index < -0.39 is 0 Å². The second kappa shape index (κ2) is 6.24. The number of rotatable bonds is 4. The average Bonchev–Trinajstić information content (AvgIpc) is 2.46. The number of aryl methyl sites for hydroxylation is 1. The molecule has 0 radical (unpaired) electrons. The Hall–Kier alpha value is -1.01. The van der Waals surface area contributed by atoms with Gasteiger partial charge in [-0.25, -0.2) is 15.8 Å². The van der Waals surface area contributed by atoms with Crippen LogP contribution in [-0.2, 0) is 6.42 Å². The summed E-state index contributed by atoms with van der Waals surface area (Å²) in [6.45, 7) is 6.41. The highest BCUT2D eigenvalue weighted by atomic mass is 32.2. The molecule has 6 heteroatoms. The van der Waals surface area contributed by atoms with Crippen LogP contribution in [0.15, 0.2) is 6.07 Å². The normalized spacial score (nSPS) is 19.9. The summed E-state index contributed by atoms with van der Waals surface area (Å²) in [5.41, 5.74) is 2.62. The van der Waals surface area contributed by atoms with Crippen LogP contribution in [0.2, 0.25) is 0 Å². The van der Waals surface area contributed by atoms with Crippen molar-refractivity contribution in [2.75, 3.05) is 29.2 Å². The molecule has 5 nitrogen and oxygen atoms in total. The molecule has 1 aliphatic heterocycles. The van der Waals surface area contributed by atoms with Gasteiger partial charge in [0.05, 0.1) is 0 Å². The van der Waals surface area contributed by atoms with Gasteiger partial charge in [-0.05, 0) is 6.42 Å².